The molecule has 29 heavy (non-hydrogen) atoms. The lowest BCUT2D eigenvalue weighted by molar-refractivity contribution is -0.132. The van der Waals surface area contributed by atoms with Crippen molar-refractivity contribution in [3.63, 3.8) is 0 Å². The average Bonchev–Trinajstić information content (AvgIpc) is 3.32. The van der Waals surface area contributed by atoms with E-state index in [1.54, 1.807) is 25.1 Å². The standard InChI is InChI=1S/C21H24N2O6/c1-4-6-14-8-9-16(17(11-14)27-3)29-13-15(24)12-23-19(25)21(2,22-20(23)26)18-7-5-10-28-18/h4-11,15,24H,12-13H2,1-3H3,(H,22,26). The van der Waals surface area contributed by atoms with E-state index >= 15 is 0 Å². The van der Waals surface area contributed by atoms with Crippen LogP contribution in [0, 0.1) is 0 Å². The first kappa shape index (κ1) is 20.5. The molecule has 0 bridgehead atoms. The fourth-order valence-corrected chi connectivity index (χ4v) is 3.14. The van der Waals surface area contributed by atoms with Gasteiger partial charge in [-0.25, -0.2) is 4.79 Å². The number of carbonyl (C=O) groups excluding carboxylic acids is 2. The van der Waals surface area contributed by atoms with Crippen molar-refractivity contribution in [1.29, 1.82) is 0 Å². The number of benzene rings is 1. The van der Waals surface area contributed by atoms with Gasteiger partial charge >= 0.3 is 6.03 Å². The molecule has 154 valence electrons. The van der Waals surface area contributed by atoms with Gasteiger partial charge in [-0.3, -0.25) is 9.69 Å². The van der Waals surface area contributed by atoms with Crippen LogP contribution in [0.5, 0.6) is 11.5 Å². The first-order chi connectivity index (χ1) is 13.9. The number of hydrogen-bond acceptors (Lipinski definition) is 6. The number of β-amino-alcohol motifs (C(OH)–C–C–N with tert-alkyl or cyclic N) is 1. The van der Waals surface area contributed by atoms with Crippen LogP contribution in [0.2, 0.25) is 0 Å². The highest BCUT2D eigenvalue weighted by Gasteiger charge is 2.51. The van der Waals surface area contributed by atoms with Crippen molar-refractivity contribution in [2.45, 2.75) is 25.5 Å². The molecule has 1 aromatic heterocycles. The summed E-state index contributed by atoms with van der Waals surface area (Å²) < 4.78 is 16.2. The maximum absolute atomic E-state index is 12.7. The van der Waals surface area contributed by atoms with Crippen LogP contribution in [0.4, 0.5) is 4.79 Å². The lowest BCUT2D eigenvalue weighted by Crippen LogP contribution is -2.42. The van der Waals surface area contributed by atoms with Crippen LogP contribution in [0.15, 0.2) is 47.1 Å². The molecular weight excluding hydrogens is 376 g/mol. The Morgan fingerprint density at radius 2 is 2.10 bits per heavy atom. The van der Waals surface area contributed by atoms with Gasteiger partial charge in [0.2, 0.25) is 0 Å². The number of urea groups is 1. The summed E-state index contributed by atoms with van der Waals surface area (Å²) in [6.45, 7) is 3.15. The number of aliphatic hydroxyl groups is 1. The highest BCUT2D eigenvalue weighted by atomic mass is 16.5. The largest absolute Gasteiger partial charge is 0.493 e. The molecule has 8 heteroatoms. The van der Waals surface area contributed by atoms with Crippen molar-refractivity contribution >= 4 is 18.0 Å². The fraction of sp³-hybridized carbons (Fsp3) is 0.333. The number of hydrogen-bond donors (Lipinski definition) is 2. The van der Waals surface area contributed by atoms with Gasteiger partial charge in [0.25, 0.3) is 5.91 Å². The summed E-state index contributed by atoms with van der Waals surface area (Å²) in [5, 5.41) is 12.9. The molecule has 2 aromatic rings. The van der Waals surface area contributed by atoms with Gasteiger partial charge in [-0.15, -0.1) is 0 Å². The summed E-state index contributed by atoms with van der Waals surface area (Å²) in [5.41, 5.74) is -0.346. The van der Waals surface area contributed by atoms with Crippen LogP contribution in [0.3, 0.4) is 0 Å². The van der Waals surface area contributed by atoms with Gasteiger partial charge in [0, 0.05) is 0 Å². The third-order valence-corrected chi connectivity index (χ3v) is 4.66. The Kier molecular flexibility index (Phi) is 5.93. The van der Waals surface area contributed by atoms with E-state index in [0.29, 0.717) is 17.3 Å². The zero-order chi connectivity index (χ0) is 21.0. The zero-order valence-electron chi connectivity index (χ0n) is 16.5. The second kappa shape index (κ2) is 8.40. The molecule has 8 nitrogen and oxygen atoms in total. The van der Waals surface area contributed by atoms with E-state index in [9.17, 15) is 14.7 Å². The molecule has 0 saturated carbocycles. The second-order valence-corrected chi connectivity index (χ2v) is 6.82. The average molecular weight is 400 g/mol. The molecule has 1 aliphatic rings. The Hall–Kier alpha value is -3.26. The number of amides is 3. The van der Waals surface area contributed by atoms with Gasteiger partial charge in [-0.05, 0) is 43.7 Å². The molecule has 0 aliphatic carbocycles. The molecule has 2 heterocycles. The van der Waals surface area contributed by atoms with Gasteiger partial charge < -0.3 is 24.3 Å². The Labute approximate surface area is 168 Å². The number of nitrogens with one attached hydrogen (secondary N) is 1. The van der Waals surface area contributed by atoms with Gasteiger partial charge in [0.15, 0.2) is 17.0 Å². The highest BCUT2D eigenvalue weighted by Crippen LogP contribution is 2.30. The van der Waals surface area contributed by atoms with Crippen molar-refractivity contribution in [3.8, 4) is 11.5 Å². The maximum Gasteiger partial charge on any atom is 0.325 e. The molecule has 1 aromatic carbocycles. The van der Waals surface area contributed by atoms with Crippen LogP contribution >= 0.6 is 0 Å². The van der Waals surface area contributed by atoms with Crippen molar-refractivity contribution in [2.24, 2.45) is 0 Å². The first-order valence-electron chi connectivity index (χ1n) is 9.18. The van der Waals surface area contributed by atoms with E-state index in [2.05, 4.69) is 5.32 Å². The quantitative estimate of drug-likeness (QED) is 0.661. The Morgan fingerprint density at radius 3 is 2.76 bits per heavy atom. The molecule has 2 unspecified atom stereocenters. The van der Waals surface area contributed by atoms with E-state index in [1.807, 2.05) is 31.2 Å². The molecule has 1 saturated heterocycles. The molecule has 0 spiro atoms. The monoisotopic (exact) mass is 400 g/mol. The minimum absolute atomic E-state index is 0.117. The minimum Gasteiger partial charge on any atom is -0.493 e. The van der Waals surface area contributed by atoms with E-state index < -0.39 is 23.6 Å². The maximum atomic E-state index is 12.7. The van der Waals surface area contributed by atoms with Gasteiger partial charge in [0.1, 0.15) is 18.5 Å². The van der Waals surface area contributed by atoms with Gasteiger partial charge in [0.05, 0.1) is 19.9 Å². The van der Waals surface area contributed by atoms with Crippen LogP contribution in [0.1, 0.15) is 25.2 Å². The number of aliphatic hydroxyl groups excluding tert-OH is 1. The first-order valence-corrected chi connectivity index (χ1v) is 9.18. The normalized spacial score (nSPS) is 20.2. The number of nitrogens with zero attached hydrogens (tertiary/aromatic N) is 1. The highest BCUT2D eigenvalue weighted by molar-refractivity contribution is 6.06. The summed E-state index contributed by atoms with van der Waals surface area (Å²) in [4.78, 5) is 26.0. The lowest BCUT2D eigenvalue weighted by Gasteiger charge is -2.21. The fourth-order valence-electron chi connectivity index (χ4n) is 3.14. The number of imide groups is 1. The summed E-state index contributed by atoms with van der Waals surface area (Å²) in [6, 6.07) is 8.07. The van der Waals surface area contributed by atoms with Crippen molar-refractivity contribution in [1.82, 2.24) is 10.2 Å². The number of methoxy groups -OCH3 is 1. The number of furan rings is 1. The lowest BCUT2D eigenvalue weighted by atomic mass is 9.99. The molecule has 0 radical (unpaired) electrons. The zero-order valence-corrected chi connectivity index (χ0v) is 16.5. The summed E-state index contributed by atoms with van der Waals surface area (Å²) >= 11 is 0. The Morgan fingerprint density at radius 1 is 1.31 bits per heavy atom. The van der Waals surface area contributed by atoms with Crippen molar-refractivity contribution in [2.75, 3.05) is 20.3 Å². The molecule has 1 aliphatic heterocycles. The predicted octanol–water partition coefficient (Wildman–Crippen LogP) is 2.53. The van der Waals surface area contributed by atoms with E-state index in [-0.39, 0.29) is 13.2 Å². The smallest absolute Gasteiger partial charge is 0.325 e. The number of ether oxygens (including phenoxy) is 2. The molecule has 3 amide bonds. The molecule has 3 rings (SSSR count). The SMILES string of the molecule is CC=Cc1ccc(OCC(O)CN2C(=O)NC(C)(c3ccco3)C2=O)c(OC)c1. The number of carbonyl (C=O) groups is 2. The Balaban J connectivity index is 1.63. The molecular formula is C21H24N2O6. The van der Waals surface area contributed by atoms with Crippen LogP contribution in [-0.2, 0) is 10.3 Å². The van der Waals surface area contributed by atoms with E-state index in [4.69, 9.17) is 13.9 Å². The van der Waals surface area contributed by atoms with Crippen molar-refractivity contribution < 1.29 is 28.6 Å². The Bertz CT molecular complexity index is 908. The minimum atomic E-state index is -1.30. The van der Waals surface area contributed by atoms with Gasteiger partial charge in [-0.2, -0.15) is 0 Å². The number of allylic oxidation sites excluding steroid dienone is 1. The van der Waals surface area contributed by atoms with Crippen molar-refractivity contribution in [3.05, 3.63) is 54.0 Å². The molecule has 2 N–H and O–H groups in total. The van der Waals surface area contributed by atoms with E-state index in [1.165, 1.54) is 13.4 Å². The van der Waals surface area contributed by atoms with Crippen LogP contribution in [0.25, 0.3) is 6.08 Å². The summed E-state index contributed by atoms with van der Waals surface area (Å²) in [5.74, 6) is 0.811. The molecule has 2 atom stereocenters. The predicted molar refractivity (Wildman–Crippen MR) is 106 cm³/mol. The third-order valence-electron chi connectivity index (χ3n) is 4.66. The van der Waals surface area contributed by atoms with Gasteiger partial charge in [-0.1, -0.05) is 18.2 Å². The van der Waals surface area contributed by atoms with Crippen LogP contribution < -0.4 is 14.8 Å². The summed E-state index contributed by atoms with van der Waals surface area (Å²) in [7, 11) is 1.53. The summed E-state index contributed by atoms with van der Waals surface area (Å²) in [6.07, 6.45) is 4.19. The number of rotatable bonds is 8. The third kappa shape index (κ3) is 4.12. The van der Waals surface area contributed by atoms with Crippen LogP contribution in [-0.4, -0.2) is 48.3 Å². The van der Waals surface area contributed by atoms with E-state index in [0.717, 1.165) is 10.5 Å². The second-order valence-electron chi connectivity index (χ2n) is 6.82. The molecule has 1 fully saturated rings. The topological polar surface area (TPSA) is 101 Å².